The number of aromatic nitrogens is 2. The Morgan fingerprint density at radius 3 is 2.41 bits per heavy atom. The number of nitro groups is 1. The van der Waals surface area contributed by atoms with Crippen LogP contribution in [0.25, 0.3) is 6.08 Å². The molecule has 4 aromatic rings. The Hall–Kier alpha value is -4.22. The predicted molar refractivity (Wildman–Crippen MR) is 142 cm³/mol. The van der Waals surface area contributed by atoms with Crippen LogP contribution in [0.2, 0.25) is 0 Å². The van der Waals surface area contributed by atoms with Crippen molar-refractivity contribution in [3.8, 4) is 0 Å². The molecule has 0 aliphatic carbocycles. The summed E-state index contributed by atoms with van der Waals surface area (Å²) in [6.45, 7) is 1.87. The van der Waals surface area contributed by atoms with Gasteiger partial charge in [-0.1, -0.05) is 29.8 Å². The van der Waals surface area contributed by atoms with Crippen LogP contribution in [-0.2, 0) is 17.1 Å². The molecular formula is C26H22N4O5S2. The molecule has 188 valence electrons. The number of anilines is 1. The molecule has 9 nitrogen and oxygen atoms in total. The van der Waals surface area contributed by atoms with E-state index in [1.165, 1.54) is 66.4 Å². The summed E-state index contributed by atoms with van der Waals surface area (Å²) >= 11 is 1.18. The van der Waals surface area contributed by atoms with Gasteiger partial charge in [-0.25, -0.2) is 13.4 Å². The van der Waals surface area contributed by atoms with Gasteiger partial charge in [0.05, 0.1) is 14.7 Å². The third-order valence-corrected chi connectivity index (χ3v) is 7.88. The summed E-state index contributed by atoms with van der Waals surface area (Å²) in [6.07, 6.45) is 6.18. The number of benzene rings is 3. The summed E-state index contributed by atoms with van der Waals surface area (Å²) in [6, 6.07) is 17.2. The summed E-state index contributed by atoms with van der Waals surface area (Å²) in [5, 5.41) is 12.2. The largest absolute Gasteiger partial charge is 0.329 e. The fraction of sp³-hybridized carbons (Fsp3) is 0.0769. The van der Waals surface area contributed by atoms with E-state index in [0.29, 0.717) is 26.9 Å². The standard InChI is InChI=1S/C26H22N4O5S2/c1-18-3-11-22(12-4-18)37(34,35)28-21-9-7-20(8-10-21)24(31)13-5-19-6-14-25(23(17-19)30(32)33)36-26-27-15-16-29(26)2/h3-17,28H,1-2H3/b13-5+. The minimum Gasteiger partial charge on any atom is -0.329 e. The van der Waals surface area contributed by atoms with Crippen LogP contribution in [0.5, 0.6) is 0 Å². The number of allylic oxidation sites excluding steroid dienone is 1. The summed E-state index contributed by atoms with van der Waals surface area (Å²) in [4.78, 5) is 28.5. The van der Waals surface area contributed by atoms with Gasteiger partial charge in [0.15, 0.2) is 10.9 Å². The maximum atomic E-state index is 12.6. The molecule has 0 unspecified atom stereocenters. The molecule has 3 aromatic carbocycles. The highest BCUT2D eigenvalue weighted by atomic mass is 32.2. The van der Waals surface area contributed by atoms with E-state index in [1.54, 1.807) is 48.3 Å². The van der Waals surface area contributed by atoms with Crippen molar-refractivity contribution in [3.63, 3.8) is 0 Å². The van der Waals surface area contributed by atoms with E-state index in [-0.39, 0.29) is 16.4 Å². The van der Waals surface area contributed by atoms with Gasteiger partial charge in [-0.05, 0) is 72.8 Å². The normalized spacial score (nSPS) is 11.5. The molecule has 1 N–H and O–H groups in total. The summed E-state index contributed by atoms with van der Waals surface area (Å²) < 4.78 is 29.4. The van der Waals surface area contributed by atoms with Gasteiger partial charge in [0.2, 0.25) is 0 Å². The van der Waals surface area contributed by atoms with Crippen LogP contribution in [0.3, 0.4) is 0 Å². The van der Waals surface area contributed by atoms with Crippen LogP contribution in [0.4, 0.5) is 11.4 Å². The molecule has 37 heavy (non-hydrogen) atoms. The quantitative estimate of drug-likeness (QED) is 0.130. The van der Waals surface area contributed by atoms with E-state index in [2.05, 4.69) is 9.71 Å². The maximum Gasteiger partial charge on any atom is 0.283 e. The number of carbonyl (C=O) groups excluding carboxylic acids is 1. The Morgan fingerprint density at radius 1 is 1.08 bits per heavy atom. The topological polar surface area (TPSA) is 124 Å². The highest BCUT2D eigenvalue weighted by Gasteiger charge is 2.17. The molecular weight excluding hydrogens is 512 g/mol. The van der Waals surface area contributed by atoms with Crippen molar-refractivity contribution in [2.24, 2.45) is 7.05 Å². The number of nitrogens with zero attached hydrogens (tertiary/aromatic N) is 3. The van der Waals surface area contributed by atoms with Crippen LogP contribution in [0.15, 0.2) is 100 Å². The zero-order valence-electron chi connectivity index (χ0n) is 19.9. The smallest absolute Gasteiger partial charge is 0.283 e. The number of sulfonamides is 1. The van der Waals surface area contributed by atoms with Gasteiger partial charge in [-0.3, -0.25) is 19.6 Å². The Balaban J connectivity index is 1.46. The van der Waals surface area contributed by atoms with Gasteiger partial charge in [0.1, 0.15) is 0 Å². The molecule has 0 aliphatic heterocycles. The predicted octanol–water partition coefficient (Wildman–Crippen LogP) is 5.48. The molecule has 11 heteroatoms. The molecule has 0 spiro atoms. The number of rotatable bonds is 9. The Bertz CT molecular complexity index is 1590. The van der Waals surface area contributed by atoms with Gasteiger partial charge in [0.25, 0.3) is 15.7 Å². The highest BCUT2D eigenvalue weighted by Crippen LogP contribution is 2.34. The number of aryl methyl sites for hydroxylation is 2. The summed E-state index contributed by atoms with van der Waals surface area (Å²) in [5.41, 5.74) is 2.01. The second-order valence-corrected chi connectivity index (χ2v) is 10.8. The first-order chi connectivity index (χ1) is 17.6. The number of imidazole rings is 1. The maximum absolute atomic E-state index is 12.6. The van der Waals surface area contributed by atoms with E-state index < -0.39 is 14.9 Å². The van der Waals surface area contributed by atoms with Gasteiger partial charge in [0, 0.05) is 36.8 Å². The minimum absolute atomic E-state index is 0.0900. The van der Waals surface area contributed by atoms with Crippen LogP contribution in [0, 0.1) is 17.0 Å². The zero-order valence-corrected chi connectivity index (χ0v) is 21.5. The fourth-order valence-corrected chi connectivity index (χ4v) is 5.27. The van der Waals surface area contributed by atoms with Crippen molar-refractivity contribution in [1.82, 2.24) is 9.55 Å². The lowest BCUT2D eigenvalue weighted by Crippen LogP contribution is -2.13. The third kappa shape index (κ3) is 6.32. The van der Waals surface area contributed by atoms with E-state index in [1.807, 2.05) is 6.92 Å². The van der Waals surface area contributed by atoms with Crippen molar-refractivity contribution in [2.75, 3.05) is 4.72 Å². The zero-order chi connectivity index (χ0) is 26.6. The van der Waals surface area contributed by atoms with Crippen molar-refractivity contribution < 1.29 is 18.1 Å². The highest BCUT2D eigenvalue weighted by molar-refractivity contribution is 7.99. The summed E-state index contributed by atoms with van der Waals surface area (Å²) in [7, 11) is -1.95. The number of hydrogen-bond donors (Lipinski definition) is 1. The lowest BCUT2D eigenvalue weighted by Gasteiger charge is -2.08. The van der Waals surface area contributed by atoms with Crippen LogP contribution in [0.1, 0.15) is 21.5 Å². The molecule has 0 aliphatic rings. The Morgan fingerprint density at radius 2 is 1.78 bits per heavy atom. The van der Waals surface area contributed by atoms with Gasteiger partial charge in [-0.2, -0.15) is 0 Å². The van der Waals surface area contributed by atoms with Crippen LogP contribution < -0.4 is 4.72 Å². The lowest BCUT2D eigenvalue weighted by atomic mass is 10.1. The van der Waals surface area contributed by atoms with E-state index in [9.17, 15) is 23.3 Å². The van der Waals surface area contributed by atoms with Crippen LogP contribution >= 0.6 is 11.8 Å². The Kier molecular flexibility index (Phi) is 7.55. The number of carbonyl (C=O) groups is 1. The molecule has 0 bridgehead atoms. The van der Waals surface area contributed by atoms with Crippen molar-refractivity contribution >= 4 is 45.0 Å². The third-order valence-electron chi connectivity index (χ3n) is 5.34. The number of ketones is 1. The molecule has 0 saturated heterocycles. The summed E-state index contributed by atoms with van der Waals surface area (Å²) in [5.74, 6) is -0.331. The first kappa shape index (κ1) is 25.9. The molecule has 1 aromatic heterocycles. The molecule has 0 atom stereocenters. The van der Waals surface area contributed by atoms with Gasteiger partial charge in [-0.15, -0.1) is 0 Å². The first-order valence-corrected chi connectivity index (χ1v) is 13.3. The molecule has 4 rings (SSSR count). The lowest BCUT2D eigenvalue weighted by molar-refractivity contribution is -0.387. The molecule has 0 radical (unpaired) electrons. The Labute approximate surface area is 218 Å². The van der Waals surface area contributed by atoms with E-state index >= 15 is 0 Å². The molecule has 0 saturated carbocycles. The minimum atomic E-state index is -3.75. The number of nitrogens with one attached hydrogen (secondary N) is 1. The molecule has 0 fully saturated rings. The first-order valence-electron chi connectivity index (χ1n) is 11.0. The number of hydrogen-bond acceptors (Lipinski definition) is 7. The average Bonchev–Trinajstić information content (AvgIpc) is 3.27. The average molecular weight is 535 g/mol. The van der Waals surface area contributed by atoms with Gasteiger partial charge < -0.3 is 4.57 Å². The van der Waals surface area contributed by atoms with E-state index in [4.69, 9.17) is 0 Å². The van der Waals surface area contributed by atoms with Gasteiger partial charge >= 0.3 is 0 Å². The van der Waals surface area contributed by atoms with Crippen LogP contribution in [-0.4, -0.2) is 28.7 Å². The van der Waals surface area contributed by atoms with Crippen molar-refractivity contribution in [3.05, 3.63) is 112 Å². The van der Waals surface area contributed by atoms with E-state index in [0.717, 1.165) is 5.56 Å². The fourth-order valence-electron chi connectivity index (χ4n) is 3.32. The molecule has 1 heterocycles. The second kappa shape index (κ2) is 10.8. The number of nitro benzene ring substituents is 1. The van der Waals surface area contributed by atoms with Crippen molar-refractivity contribution in [2.45, 2.75) is 21.9 Å². The SMILES string of the molecule is Cc1ccc(S(=O)(=O)Nc2ccc(C(=O)/C=C/c3ccc(Sc4nccn4C)c([N+](=O)[O-])c3)cc2)cc1. The monoisotopic (exact) mass is 534 g/mol. The van der Waals surface area contributed by atoms with Crippen molar-refractivity contribution in [1.29, 1.82) is 0 Å². The second-order valence-electron chi connectivity index (χ2n) is 8.10. The molecule has 0 amide bonds.